The van der Waals surface area contributed by atoms with Gasteiger partial charge < -0.3 is 10.4 Å². The molecule has 110 valence electrons. The van der Waals surface area contributed by atoms with Crippen molar-refractivity contribution in [2.24, 2.45) is 0 Å². The summed E-state index contributed by atoms with van der Waals surface area (Å²) in [5.74, 6) is -1.49. The third kappa shape index (κ3) is 3.32. The third-order valence-electron chi connectivity index (χ3n) is 2.59. The molecule has 0 aliphatic rings. The normalized spacial score (nSPS) is 10.4. The number of aromatic carboxylic acids is 1. The number of aromatic nitrogens is 3. The minimum Gasteiger partial charge on any atom is -0.478 e. The highest BCUT2D eigenvalue weighted by molar-refractivity contribution is 6.38. The first kappa shape index (κ1) is 15.3. The summed E-state index contributed by atoms with van der Waals surface area (Å²) in [6, 6.07) is 2.53. The average molecular weight is 329 g/mol. The topological polar surface area (TPSA) is 108 Å². The molecule has 21 heavy (non-hydrogen) atoms. The molecule has 0 radical (unpaired) electrons. The molecule has 0 bridgehead atoms. The van der Waals surface area contributed by atoms with E-state index in [9.17, 15) is 9.59 Å². The predicted molar refractivity (Wildman–Crippen MR) is 77.1 cm³/mol. The van der Waals surface area contributed by atoms with E-state index in [1.807, 2.05) is 6.92 Å². The van der Waals surface area contributed by atoms with E-state index in [1.165, 1.54) is 12.1 Å². The van der Waals surface area contributed by atoms with Gasteiger partial charge in [0.1, 0.15) is 5.82 Å². The molecule has 1 amide bonds. The number of carbonyl (C=O) groups excluding carboxylic acids is 1. The maximum atomic E-state index is 12.0. The van der Waals surface area contributed by atoms with Gasteiger partial charge in [-0.05, 0) is 12.1 Å². The smallest absolute Gasteiger partial charge is 0.337 e. The van der Waals surface area contributed by atoms with E-state index in [4.69, 9.17) is 28.3 Å². The van der Waals surface area contributed by atoms with Crippen molar-refractivity contribution in [1.82, 2.24) is 15.2 Å². The molecule has 1 aromatic heterocycles. The molecule has 0 aliphatic carbocycles. The monoisotopic (exact) mass is 328 g/mol. The van der Waals surface area contributed by atoms with Gasteiger partial charge in [0.2, 0.25) is 5.82 Å². The molecule has 0 aliphatic heterocycles. The van der Waals surface area contributed by atoms with Crippen molar-refractivity contribution in [3.05, 3.63) is 39.4 Å². The van der Waals surface area contributed by atoms with Crippen molar-refractivity contribution in [3.63, 3.8) is 0 Å². The zero-order valence-corrected chi connectivity index (χ0v) is 12.3. The van der Waals surface area contributed by atoms with E-state index in [2.05, 4.69) is 20.5 Å². The summed E-state index contributed by atoms with van der Waals surface area (Å²) in [4.78, 5) is 27.2. The van der Waals surface area contributed by atoms with Crippen LogP contribution in [0.2, 0.25) is 10.0 Å². The first-order valence-corrected chi connectivity index (χ1v) is 6.63. The number of carbonyl (C=O) groups is 2. The van der Waals surface area contributed by atoms with Gasteiger partial charge in [0, 0.05) is 11.4 Å². The van der Waals surface area contributed by atoms with Gasteiger partial charge in [0.25, 0.3) is 5.91 Å². The number of hydrogen-bond donors (Lipinski definition) is 3. The second-order valence-corrected chi connectivity index (χ2v) is 4.87. The summed E-state index contributed by atoms with van der Waals surface area (Å²) in [6.07, 6.45) is 0.586. The SMILES string of the molecule is CCc1nc(C(=O)Nc2c(Cl)cc(Cl)cc2C(=O)O)n[nH]1. The quantitative estimate of drug-likeness (QED) is 0.799. The summed E-state index contributed by atoms with van der Waals surface area (Å²) < 4.78 is 0. The van der Waals surface area contributed by atoms with E-state index < -0.39 is 11.9 Å². The van der Waals surface area contributed by atoms with E-state index in [1.54, 1.807) is 0 Å². The first-order chi connectivity index (χ1) is 9.92. The molecular formula is C12H10Cl2N4O3. The number of amides is 1. The highest BCUT2D eigenvalue weighted by Crippen LogP contribution is 2.30. The number of rotatable bonds is 4. The van der Waals surface area contributed by atoms with Gasteiger partial charge in [-0.2, -0.15) is 0 Å². The number of nitrogens with one attached hydrogen (secondary N) is 2. The molecule has 9 heteroatoms. The Balaban J connectivity index is 2.34. The molecule has 1 heterocycles. The van der Waals surface area contributed by atoms with Gasteiger partial charge in [-0.3, -0.25) is 9.89 Å². The molecule has 7 nitrogen and oxygen atoms in total. The molecule has 0 spiro atoms. The molecule has 2 rings (SSSR count). The molecule has 0 atom stereocenters. The standard InChI is InChI=1S/C12H10Cl2N4O3/c1-2-8-15-10(18-17-8)11(19)16-9-6(12(20)21)3-5(13)4-7(9)14/h3-4H,2H2,1H3,(H,16,19)(H,20,21)(H,15,17,18). The Kier molecular flexibility index (Phi) is 4.44. The summed E-state index contributed by atoms with van der Waals surface area (Å²) >= 11 is 11.7. The van der Waals surface area contributed by atoms with Crippen LogP contribution in [0.4, 0.5) is 5.69 Å². The number of halogens is 2. The summed E-state index contributed by atoms with van der Waals surface area (Å²) in [7, 11) is 0. The highest BCUT2D eigenvalue weighted by Gasteiger charge is 2.20. The Hall–Kier alpha value is -2.12. The van der Waals surface area contributed by atoms with Gasteiger partial charge in [-0.25, -0.2) is 9.78 Å². The van der Waals surface area contributed by atoms with E-state index >= 15 is 0 Å². The van der Waals surface area contributed by atoms with Crippen LogP contribution in [-0.2, 0) is 6.42 Å². The molecule has 0 unspecified atom stereocenters. The van der Waals surface area contributed by atoms with E-state index in [0.29, 0.717) is 12.2 Å². The fourth-order valence-corrected chi connectivity index (χ4v) is 2.13. The van der Waals surface area contributed by atoms with Crippen LogP contribution in [0.5, 0.6) is 0 Å². The summed E-state index contributed by atoms with van der Waals surface area (Å²) in [5.41, 5.74) is -0.270. The Labute approximate surface area is 129 Å². The van der Waals surface area contributed by atoms with Crippen molar-refractivity contribution in [1.29, 1.82) is 0 Å². The highest BCUT2D eigenvalue weighted by atomic mass is 35.5. The number of aryl methyl sites for hydroxylation is 1. The lowest BCUT2D eigenvalue weighted by Crippen LogP contribution is -2.17. The van der Waals surface area contributed by atoms with Gasteiger partial charge in [-0.1, -0.05) is 30.1 Å². The van der Waals surface area contributed by atoms with E-state index in [0.717, 1.165) is 0 Å². The van der Waals surface area contributed by atoms with Crippen LogP contribution in [0.3, 0.4) is 0 Å². The Morgan fingerprint density at radius 1 is 1.38 bits per heavy atom. The van der Waals surface area contributed by atoms with E-state index in [-0.39, 0.29) is 27.1 Å². The average Bonchev–Trinajstić information content (AvgIpc) is 2.90. The minimum absolute atomic E-state index is 0.0134. The first-order valence-electron chi connectivity index (χ1n) is 5.87. The second-order valence-electron chi connectivity index (χ2n) is 4.03. The van der Waals surface area contributed by atoms with Crippen LogP contribution in [0, 0.1) is 0 Å². The zero-order chi connectivity index (χ0) is 15.6. The lowest BCUT2D eigenvalue weighted by Gasteiger charge is -2.09. The van der Waals surface area contributed by atoms with Gasteiger partial charge in [-0.15, -0.1) is 5.10 Å². The number of carboxylic acids is 1. The predicted octanol–water partition coefficient (Wildman–Crippen LogP) is 2.62. The molecular weight excluding hydrogens is 319 g/mol. The number of carboxylic acid groups (broad SMARTS) is 1. The summed E-state index contributed by atoms with van der Waals surface area (Å²) in [5, 5.41) is 18.0. The number of nitrogens with zero attached hydrogens (tertiary/aromatic N) is 2. The number of anilines is 1. The third-order valence-corrected chi connectivity index (χ3v) is 3.11. The minimum atomic E-state index is -1.26. The van der Waals surface area contributed by atoms with Gasteiger partial charge in [0.05, 0.1) is 16.3 Å². The largest absolute Gasteiger partial charge is 0.478 e. The summed E-state index contributed by atoms with van der Waals surface area (Å²) in [6.45, 7) is 1.85. The van der Waals surface area contributed by atoms with Crippen LogP contribution in [0.1, 0.15) is 33.7 Å². The second kappa shape index (κ2) is 6.11. The number of benzene rings is 1. The van der Waals surface area contributed by atoms with Crippen LogP contribution in [0.15, 0.2) is 12.1 Å². The fraction of sp³-hybridized carbons (Fsp3) is 0.167. The van der Waals surface area contributed by atoms with Crippen molar-refractivity contribution in [2.75, 3.05) is 5.32 Å². The maximum absolute atomic E-state index is 12.0. The number of hydrogen-bond acceptors (Lipinski definition) is 4. The van der Waals surface area contributed by atoms with Crippen molar-refractivity contribution in [3.8, 4) is 0 Å². The lowest BCUT2D eigenvalue weighted by atomic mass is 10.1. The maximum Gasteiger partial charge on any atom is 0.337 e. The lowest BCUT2D eigenvalue weighted by molar-refractivity contribution is 0.0698. The van der Waals surface area contributed by atoms with Crippen molar-refractivity contribution < 1.29 is 14.7 Å². The molecule has 0 saturated carbocycles. The van der Waals surface area contributed by atoms with Gasteiger partial charge >= 0.3 is 5.97 Å². The molecule has 0 fully saturated rings. The zero-order valence-electron chi connectivity index (χ0n) is 10.8. The van der Waals surface area contributed by atoms with Crippen LogP contribution >= 0.6 is 23.2 Å². The molecule has 0 saturated heterocycles. The fourth-order valence-electron chi connectivity index (χ4n) is 1.59. The Morgan fingerprint density at radius 2 is 2.10 bits per heavy atom. The molecule has 1 aromatic carbocycles. The van der Waals surface area contributed by atoms with Gasteiger partial charge in [0.15, 0.2) is 0 Å². The molecule has 2 aromatic rings. The van der Waals surface area contributed by atoms with Crippen molar-refractivity contribution >= 4 is 40.8 Å². The Morgan fingerprint density at radius 3 is 2.67 bits per heavy atom. The van der Waals surface area contributed by atoms with Crippen molar-refractivity contribution in [2.45, 2.75) is 13.3 Å². The van der Waals surface area contributed by atoms with Crippen LogP contribution in [-0.4, -0.2) is 32.2 Å². The number of H-pyrrole nitrogens is 1. The molecule has 3 N–H and O–H groups in total. The Bertz CT molecular complexity index is 715. The van der Waals surface area contributed by atoms with Crippen LogP contribution < -0.4 is 5.32 Å². The van der Waals surface area contributed by atoms with Crippen LogP contribution in [0.25, 0.3) is 0 Å². The number of aromatic amines is 1.